The molecular weight excluding hydrogens is 418 g/mol. The average molecular weight is 443 g/mol. The number of ether oxygens (including phenoxy) is 1. The molecule has 0 aromatic heterocycles. The Balaban J connectivity index is 1.95. The van der Waals surface area contributed by atoms with Crippen molar-refractivity contribution in [1.29, 1.82) is 0 Å². The summed E-state index contributed by atoms with van der Waals surface area (Å²) >= 11 is 0. The number of non-ortho nitro benzene ring substituents is 1. The molecule has 0 saturated carbocycles. The van der Waals surface area contributed by atoms with Gasteiger partial charge in [0.15, 0.2) is 0 Å². The summed E-state index contributed by atoms with van der Waals surface area (Å²) in [6, 6.07) is 11.6. The number of carbonyl (C=O) groups is 3. The molecular formula is C22H25N3O7. The molecule has 0 unspecified atom stereocenters. The highest BCUT2D eigenvalue weighted by Crippen LogP contribution is 2.25. The van der Waals surface area contributed by atoms with Crippen molar-refractivity contribution in [3.63, 3.8) is 0 Å². The lowest BCUT2D eigenvalue weighted by molar-refractivity contribution is -0.384. The summed E-state index contributed by atoms with van der Waals surface area (Å²) < 4.78 is 5.14. The summed E-state index contributed by atoms with van der Waals surface area (Å²) in [4.78, 5) is 46.4. The standard InChI is InChI=1S/C22H25N3O7/c1-14(15-6-4-3-5-7-15)23-20(26)10-11-21(27)24-18(22(28)29)13-16-12-17(25(30)31)8-9-19(16)32-2/h3-9,12,14,18H,10-11,13H2,1-2H3,(H,23,26)(H,24,27)(H,28,29)/t14-,18-/m1/s1. The number of rotatable bonds is 11. The number of benzene rings is 2. The molecule has 0 aliphatic heterocycles. The van der Waals surface area contributed by atoms with Gasteiger partial charge < -0.3 is 20.5 Å². The maximum atomic E-state index is 12.2. The quantitative estimate of drug-likeness (QED) is 0.357. The number of methoxy groups -OCH3 is 1. The normalized spacial score (nSPS) is 12.3. The van der Waals surface area contributed by atoms with Crippen LogP contribution in [-0.2, 0) is 20.8 Å². The molecule has 0 saturated heterocycles. The number of nitrogens with one attached hydrogen (secondary N) is 2. The van der Waals surface area contributed by atoms with Gasteiger partial charge in [-0.15, -0.1) is 0 Å². The summed E-state index contributed by atoms with van der Waals surface area (Å²) in [7, 11) is 1.36. The summed E-state index contributed by atoms with van der Waals surface area (Å²) in [5.41, 5.74) is 0.964. The monoisotopic (exact) mass is 443 g/mol. The predicted octanol–water partition coefficient (Wildman–Crippen LogP) is 2.37. The zero-order chi connectivity index (χ0) is 23.7. The molecule has 170 valence electrons. The molecule has 2 aromatic carbocycles. The van der Waals surface area contributed by atoms with Gasteiger partial charge in [0.25, 0.3) is 5.69 Å². The summed E-state index contributed by atoms with van der Waals surface area (Å²) in [6.07, 6.45) is -0.540. The molecule has 2 amide bonds. The van der Waals surface area contributed by atoms with Crippen molar-refractivity contribution in [3.05, 3.63) is 69.8 Å². The number of carboxylic acids is 1. The van der Waals surface area contributed by atoms with E-state index in [-0.39, 0.29) is 48.2 Å². The Kier molecular flexibility index (Phi) is 8.70. The molecule has 0 heterocycles. The van der Waals surface area contributed by atoms with Crippen LogP contribution in [0, 0.1) is 10.1 Å². The Labute approximate surface area is 184 Å². The van der Waals surface area contributed by atoms with Crippen molar-refractivity contribution in [1.82, 2.24) is 10.6 Å². The Bertz CT molecular complexity index is 979. The van der Waals surface area contributed by atoms with Gasteiger partial charge in [0.05, 0.1) is 18.1 Å². The highest BCUT2D eigenvalue weighted by Gasteiger charge is 2.24. The minimum absolute atomic E-state index is 0.116. The number of nitro benzene ring substituents is 1. The van der Waals surface area contributed by atoms with Crippen LogP contribution in [0.1, 0.15) is 36.9 Å². The molecule has 10 nitrogen and oxygen atoms in total. The fourth-order valence-corrected chi connectivity index (χ4v) is 3.09. The van der Waals surface area contributed by atoms with Crippen molar-refractivity contribution < 1.29 is 29.2 Å². The van der Waals surface area contributed by atoms with Crippen LogP contribution in [-0.4, -0.2) is 41.0 Å². The Morgan fingerprint density at radius 1 is 1.06 bits per heavy atom. The fourth-order valence-electron chi connectivity index (χ4n) is 3.09. The van der Waals surface area contributed by atoms with E-state index in [1.54, 1.807) is 0 Å². The SMILES string of the molecule is COc1ccc([N+](=O)[O-])cc1C[C@@H](NC(=O)CCC(=O)N[C@H](C)c1ccccc1)C(=O)O. The number of nitrogens with zero attached hydrogens (tertiary/aromatic N) is 1. The highest BCUT2D eigenvalue weighted by molar-refractivity contribution is 5.87. The third-order valence-electron chi connectivity index (χ3n) is 4.79. The van der Waals surface area contributed by atoms with Gasteiger partial charge in [0.1, 0.15) is 11.8 Å². The van der Waals surface area contributed by atoms with E-state index in [2.05, 4.69) is 10.6 Å². The third kappa shape index (κ3) is 7.08. The van der Waals surface area contributed by atoms with Gasteiger partial charge in [-0.25, -0.2) is 4.79 Å². The van der Waals surface area contributed by atoms with E-state index in [0.717, 1.165) is 5.56 Å². The second kappa shape index (κ2) is 11.4. The molecule has 0 spiro atoms. The van der Waals surface area contributed by atoms with Crippen LogP contribution in [0.25, 0.3) is 0 Å². The smallest absolute Gasteiger partial charge is 0.326 e. The topological polar surface area (TPSA) is 148 Å². The van der Waals surface area contributed by atoms with Crippen LogP contribution in [0.3, 0.4) is 0 Å². The molecule has 2 atom stereocenters. The summed E-state index contributed by atoms with van der Waals surface area (Å²) in [5.74, 6) is -2.01. The molecule has 10 heteroatoms. The first-order valence-corrected chi connectivity index (χ1v) is 9.89. The molecule has 2 aromatic rings. The number of amides is 2. The first-order chi connectivity index (χ1) is 15.2. The summed E-state index contributed by atoms with van der Waals surface area (Å²) in [6.45, 7) is 1.82. The van der Waals surface area contributed by atoms with Crippen LogP contribution in [0.4, 0.5) is 5.69 Å². The number of aliphatic carboxylic acids is 1. The summed E-state index contributed by atoms with van der Waals surface area (Å²) in [5, 5.41) is 25.6. The zero-order valence-corrected chi connectivity index (χ0v) is 17.7. The van der Waals surface area contributed by atoms with E-state index in [9.17, 15) is 29.6 Å². The van der Waals surface area contributed by atoms with Crippen LogP contribution in [0.5, 0.6) is 5.75 Å². The van der Waals surface area contributed by atoms with Crippen LogP contribution in [0.2, 0.25) is 0 Å². The van der Waals surface area contributed by atoms with Gasteiger partial charge in [0.2, 0.25) is 11.8 Å². The van der Waals surface area contributed by atoms with E-state index >= 15 is 0 Å². The number of hydrogen-bond acceptors (Lipinski definition) is 6. The fraction of sp³-hybridized carbons (Fsp3) is 0.318. The van der Waals surface area contributed by atoms with Gasteiger partial charge in [-0.1, -0.05) is 30.3 Å². The van der Waals surface area contributed by atoms with E-state index < -0.39 is 22.8 Å². The highest BCUT2D eigenvalue weighted by atomic mass is 16.6. The molecule has 0 bridgehead atoms. The second-order valence-electron chi connectivity index (χ2n) is 7.12. The lowest BCUT2D eigenvalue weighted by Crippen LogP contribution is -2.42. The van der Waals surface area contributed by atoms with E-state index in [1.165, 1.54) is 25.3 Å². The van der Waals surface area contributed by atoms with Crippen LogP contribution < -0.4 is 15.4 Å². The number of hydrogen-bond donors (Lipinski definition) is 3. The minimum Gasteiger partial charge on any atom is -0.496 e. The maximum absolute atomic E-state index is 12.2. The number of carbonyl (C=O) groups excluding carboxylic acids is 2. The van der Waals surface area contributed by atoms with Gasteiger partial charge in [0, 0.05) is 37.0 Å². The second-order valence-corrected chi connectivity index (χ2v) is 7.12. The van der Waals surface area contributed by atoms with Crippen molar-refractivity contribution in [2.75, 3.05) is 7.11 Å². The van der Waals surface area contributed by atoms with E-state index in [1.807, 2.05) is 37.3 Å². The molecule has 2 rings (SSSR count). The lowest BCUT2D eigenvalue weighted by atomic mass is 10.0. The third-order valence-corrected chi connectivity index (χ3v) is 4.79. The predicted molar refractivity (Wildman–Crippen MR) is 115 cm³/mol. The molecule has 32 heavy (non-hydrogen) atoms. The van der Waals surface area contributed by atoms with Gasteiger partial charge in [-0.3, -0.25) is 19.7 Å². The molecule has 3 N–H and O–H groups in total. The molecule has 0 aliphatic rings. The maximum Gasteiger partial charge on any atom is 0.326 e. The Morgan fingerprint density at radius 2 is 1.69 bits per heavy atom. The number of carboxylic acid groups (broad SMARTS) is 1. The van der Waals surface area contributed by atoms with E-state index in [4.69, 9.17) is 4.74 Å². The lowest BCUT2D eigenvalue weighted by Gasteiger charge is -2.17. The van der Waals surface area contributed by atoms with Gasteiger partial charge in [-0.2, -0.15) is 0 Å². The minimum atomic E-state index is -1.34. The van der Waals surface area contributed by atoms with Crippen molar-refractivity contribution in [2.24, 2.45) is 0 Å². The largest absolute Gasteiger partial charge is 0.496 e. The van der Waals surface area contributed by atoms with E-state index in [0.29, 0.717) is 0 Å². The Hall–Kier alpha value is -3.95. The van der Waals surface area contributed by atoms with Gasteiger partial charge in [-0.05, 0) is 18.6 Å². The first kappa shape index (κ1) is 24.3. The van der Waals surface area contributed by atoms with Crippen LogP contribution in [0.15, 0.2) is 48.5 Å². The Morgan fingerprint density at radius 3 is 2.25 bits per heavy atom. The van der Waals surface area contributed by atoms with Crippen molar-refractivity contribution in [3.8, 4) is 5.75 Å². The first-order valence-electron chi connectivity index (χ1n) is 9.89. The van der Waals surface area contributed by atoms with Crippen molar-refractivity contribution >= 4 is 23.5 Å². The average Bonchev–Trinajstić information content (AvgIpc) is 2.77. The van der Waals surface area contributed by atoms with Crippen molar-refractivity contribution in [2.45, 2.75) is 38.3 Å². The molecule has 0 aliphatic carbocycles. The van der Waals surface area contributed by atoms with Crippen LogP contribution >= 0.6 is 0 Å². The number of nitro groups is 1. The molecule has 0 fully saturated rings. The molecule has 0 radical (unpaired) electrons. The zero-order valence-electron chi connectivity index (χ0n) is 17.7. The van der Waals surface area contributed by atoms with Gasteiger partial charge >= 0.3 is 5.97 Å².